The number of aromatic nitrogens is 1. The third-order valence-corrected chi connectivity index (χ3v) is 6.14. The number of hydrogen-bond acceptors (Lipinski definition) is 5. The molecule has 13 heteroatoms. The van der Waals surface area contributed by atoms with Crippen LogP contribution in [-0.4, -0.2) is 53.1 Å². The summed E-state index contributed by atoms with van der Waals surface area (Å²) in [7, 11) is 0. The average molecular weight is 532 g/mol. The van der Waals surface area contributed by atoms with Crippen LogP contribution in [0.3, 0.4) is 0 Å². The predicted octanol–water partition coefficient (Wildman–Crippen LogP) is 4.30. The molecule has 1 aliphatic heterocycles. The summed E-state index contributed by atoms with van der Waals surface area (Å²) in [6.07, 6.45) is -8.70. The van der Waals surface area contributed by atoms with E-state index in [9.17, 15) is 35.9 Å². The predicted molar refractivity (Wildman–Crippen MR) is 120 cm³/mol. The van der Waals surface area contributed by atoms with E-state index in [-0.39, 0.29) is 43.2 Å². The molecule has 202 valence electrons. The highest BCUT2D eigenvalue weighted by molar-refractivity contribution is 5.85. The number of pyridine rings is 1. The lowest BCUT2D eigenvalue weighted by Crippen LogP contribution is -2.51. The van der Waals surface area contributed by atoms with Gasteiger partial charge in [-0.05, 0) is 55.2 Å². The highest BCUT2D eigenvalue weighted by Gasteiger charge is 2.37. The van der Waals surface area contributed by atoms with Crippen LogP contribution in [0.4, 0.5) is 32.2 Å². The van der Waals surface area contributed by atoms with Crippen molar-refractivity contribution in [3.63, 3.8) is 0 Å². The van der Waals surface area contributed by atoms with Crippen molar-refractivity contribution in [2.45, 2.75) is 38.0 Å². The standard InChI is InChI=1S/C24H26F6N4O3/c25-23(26,27)18-12-16(13-19(15-18)24(28,29)30)4-3-5-17(14-21(35)32-37)22(36)34-10-8-33(9-11-34)20-6-1-2-7-31-20/h1-2,6-7,12-13,15,17,37H,3-5,8-11,14H2,(H,32,35). The fraction of sp³-hybridized carbons (Fsp3) is 0.458. The van der Waals surface area contributed by atoms with Gasteiger partial charge in [0, 0.05) is 44.7 Å². The summed E-state index contributed by atoms with van der Waals surface area (Å²) in [5.74, 6) is -1.33. The number of halogens is 6. The van der Waals surface area contributed by atoms with Gasteiger partial charge in [-0.25, -0.2) is 10.5 Å². The van der Waals surface area contributed by atoms with Crippen LogP contribution in [0.1, 0.15) is 36.0 Å². The first-order valence-corrected chi connectivity index (χ1v) is 11.5. The highest BCUT2D eigenvalue weighted by atomic mass is 19.4. The maximum Gasteiger partial charge on any atom is 0.416 e. The number of nitrogens with one attached hydrogen (secondary N) is 1. The van der Waals surface area contributed by atoms with E-state index in [2.05, 4.69) is 4.98 Å². The fourth-order valence-electron chi connectivity index (χ4n) is 4.25. The number of anilines is 1. The fourth-order valence-corrected chi connectivity index (χ4v) is 4.25. The smallest absolute Gasteiger partial charge is 0.353 e. The van der Waals surface area contributed by atoms with Gasteiger partial charge < -0.3 is 9.80 Å². The van der Waals surface area contributed by atoms with Crippen LogP contribution in [0.2, 0.25) is 0 Å². The molecule has 0 saturated carbocycles. The van der Waals surface area contributed by atoms with Gasteiger partial charge in [-0.1, -0.05) is 6.07 Å². The summed E-state index contributed by atoms with van der Waals surface area (Å²) in [4.78, 5) is 32.7. The number of benzene rings is 1. The number of amides is 2. The van der Waals surface area contributed by atoms with Gasteiger partial charge >= 0.3 is 12.4 Å². The third kappa shape index (κ3) is 7.81. The van der Waals surface area contributed by atoms with Crippen molar-refractivity contribution in [2.75, 3.05) is 31.1 Å². The minimum absolute atomic E-state index is 0.0320. The molecule has 0 aliphatic carbocycles. The quantitative estimate of drug-likeness (QED) is 0.301. The number of hydrogen-bond donors (Lipinski definition) is 2. The Morgan fingerprint density at radius 1 is 0.973 bits per heavy atom. The number of hydroxylamine groups is 1. The molecule has 37 heavy (non-hydrogen) atoms. The molecule has 3 rings (SSSR count). The van der Waals surface area contributed by atoms with Crippen molar-refractivity contribution >= 4 is 17.6 Å². The van der Waals surface area contributed by atoms with E-state index < -0.39 is 35.3 Å². The zero-order valence-electron chi connectivity index (χ0n) is 19.6. The molecular weight excluding hydrogens is 506 g/mol. The highest BCUT2D eigenvalue weighted by Crippen LogP contribution is 2.36. The summed E-state index contributed by atoms with van der Waals surface area (Å²) < 4.78 is 78.7. The minimum Gasteiger partial charge on any atom is -0.353 e. The number of piperazine rings is 1. The zero-order chi connectivity index (χ0) is 27.2. The third-order valence-electron chi connectivity index (χ3n) is 6.14. The van der Waals surface area contributed by atoms with Gasteiger partial charge in [0.05, 0.1) is 11.1 Å². The van der Waals surface area contributed by atoms with Gasteiger partial charge in [0.15, 0.2) is 0 Å². The molecule has 7 nitrogen and oxygen atoms in total. The lowest BCUT2D eigenvalue weighted by Gasteiger charge is -2.37. The largest absolute Gasteiger partial charge is 0.416 e. The number of aryl methyl sites for hydroxylation is 1. The summed E-state index contributed by atoms with van der Waals surface area (Å²) in [5.41, 5.74) is -1.53. The Balaban J connectivity index is 1.66. The Bertz CT molecular complexity index is 1040. The van der Waals surface area contributed by atoms with Gasteiger partial charge in [0.2, 0.25) is 11.8 Å². The lowest BCUT2D eigenvalue weighted by molar-refractivity contribution is -0.143. The van der Waals surface area contributed by atoms with E-state index in [0.717, 1.165) is 5.82 Å². The summed E-state index contributed by atoms with van der Waals surface area (Å²) in [5, 5.41) is 8.90. The number of rotatable bonds is 8. The Morgan fingerprint density at radius 3 is 2.11 bits per heavy atom. The van der Waals surface area contributed by atoms with Gasteiger partial charge in [0.1, 0.15) is 5.82 Å². The van der Waals surface area contributed by atoms with Crippen molar-refractivity contribution in [3.05, 3.63) is 59.3 Å². The molecule has 1 unspecified atom stereocenters. The van der Waals surface area contributed by atoms with E-state index in [4.69, 9.17) is 5.21 Å². The number of carbonyl (C=O) groups excluding carboxylic acids is 2. The van der Waals surface area contributed by atoms with Crippen LogP contribution in [0, 0.1) is 5.92 Å². The SMILES string of the molecule is O=C(CC(CCCc1cc(C(F)(F)F)cc(C(F)(F)F)c1)C(=O)N1CCN(c2ccccn2)CC1)NO. The van der Waals surface area contributed by atoms with Crippen LogP contribution in [0.15, 0.2) is 42.6 Å². The summed E-state index contributed by atoms with van der Waals surface area (Å²) in [6, 6.07) is 6.83. The molecular formula is C24H26F6N4O3. The molecule has 2 amide bonds. The van der Waals surface area contributed by atoms with Crippen LogP contribution >= 0.6 is 0 Å². The first-order valence-electron chi connectivity index (χ1n) is 11.5. The van der Waals surface area contributed by atoms with Gasteiger partial charge in [-0.15, -0.1) is 0 Å². The molecule has 1 aromatic carbocycles. The average Bonchev–Trinajstić information content (AvgIpc) is 2.87. The van der Waals surface area contributed by atoms with Crippen molar-refractivity contribution in [1.29, 1.82) is 0 Å². The van der Waals surface area contributed by atoms with Gasteiger partial charge in [-0.2, -0.15) is 26.3 Å². The van der Waals surface area contributed by atoms with E-state index in [0.29, 0.717) is 38.3 Å². The maximum absolute atomic E-state index is 13.1. The van der Waals surface area contributed by atoms with Gasteiger partial charge in [-0.3, -0.25) is 14.8 Å². The number of alkyl halides is 6. The lowest BCUT2D eigenvalue weighted by atomic mass is 9.93. The molecule has 1 aromatic heterocycles. The van der Waals surface area contributed by atoms with Crippen molar-refractivity contribution in [3.8, 4) is 0 Å². The topological polar surface area (TPSA) is 85.8 Å². The van der Waals surface area contributed by atoms with Crippen molar-refractivity contribution < 1.29 is 41.1 Å². The molecule has 1 saturated heterocycles. The molecule has 2 heterocycles. The van der Waals surface area contributed by atoms with Crippen LogP contribution in [0.25, 0.3) is 0 Å². The molecule has 2 aromatic rings. The van der Waals surface area contributed by atoms with E-state index in [1.165, 1.54) is 5.48 Å². The Kier molecular flexibility index (Phi) is 9.00. The molecule has 2 N–H and O–H groups in total. The first kappa shape index (κ1) is 28.2. The molecule has 0 spiro atoms. The normalized spacial score (nSPS) is 15.4. The molecule has 0 radical (unpaired) electrons. The minimum atomic E-state index is -4.95. The van der Waals surface area contributed by atoms with Gasteiger partial charge in [0.25, 0.3) is 0 Å². The second-order valence-corrected chi connectivity index (χ2v) is 8.74. The summed E-state index contributed by atoms with van der Waals surface area (Å²) >= 11 is 0. The Morgan fingerprint density at radius 2 is 1.59 bits per heavy atom. The Labute approximate surface area is 209 Å². The second-order valence-electron chi connectivity index (χ2n) is 8.74. The molecule has 1 atom stereocenters. The van der Waals surface area contributed by atoms with Crippen molar-refractivity contribution in [2.24, 2.45) is 5.92 Å². The number of carbonyl (C=O) groups is 2. The van der Waals surface area contributed by atoms with E-state index in [1.54, 1.807) is 17.2 Å². The second kappa shape index (κ2) is 11.8. The monoisotopic (exact) mass is 532 g/mol. The molecule has 1 fully saturated rings. The maximum atomic E-state index is 13.1. The van der Waals surface area contributed by atoms with Crippen LogP contribution in [0.5, 0.6) is 0 Å². The van der Waals surface area contributed by atoms with Crippen LogP contribution in [-0.2, 0) is 28.4 Å². The van der Waals surface area contributed by atoms with Crippen molar-refractivity contribution in [1.82, 2.24) is 15.4 Å². The number of nitrogens with zero attached hydrogens (tertiary/aromatic N) is 3. The molecule has 1 aliphatic rings. The van der Waals surface area contributed by atoms with E-state index in [1.807, 2.05) is 17.0 Å². The van der Waals surface area contributed by atoms with Crippen LogP contribution < -0.4 is 10.4 Å². The zero-order valence-corrected chi connectivity index (χ0v) is 19.6. The Hall–Kier alpha value is -3.35. The first-order chi connectivity index (χ1) is 17.4. The summed E-state index contributed by atoms with van der Waals surface area (Å²) in [6.45, 7) is 1.67. The molecule has 0 bridgehead atoms. The van der Waals surface area contributed by atoms with E-state index >= 15 is 0 Å².